The summed E-state index contributed by atoms with van der Waals surface area (Å²) in [5, 5.41) is 3.96. The molecule has 1 atom stereocenters. The van der Waals surface area contributed by atoms with Gasteiger partial charge in [-0.25, -0.2) is 9.18 Å². The second-order valence-electron chi connectivity index (χ2n) is 8.25. The minimum Gasteiger partial charge on any atom is -0.444 e. The van der Waals surface area contributed by atoms with Gasteiger partial charge in [0, 0.05) is 23.5 Å². The largest absolute Gasteiger partial charge is 0.444 e. The predicted molar refractivity (Wildman–Crippen MR) is 112 cm³/mol. The summed E-state index contributed by atoms with van der Waals surface area (Å²) in [6, 6.07) is 4.86. The Morgan fingerprint density at radius 2 is 2.03 bits per heavy atom. The van der Waals surface area contributed by atoms with E-state index in [0.717, 1.165) is 0 Å². The minimum absolute atomic E-state index is 0.0210. The standard InChI is InChI=1S/C21H28FN3O4S/c1-13(27-15-8-10-25(11-9-15)20(26)28-21(2,3)4)19-23-18(24-29-19)14-6-7-17(30-5)16(22)12-14/h6-7,12-13,15H,8-11H2,1-5H3. The number of likely N-dealkylation sites (tertiary alicyclic amines) is 1. The van der Waals surface area contributed by atoms with Crippen LogP contribution in [0.3, 0.4) is 0 Å². The number of piperidine rings is 1. The monoisotopic (exact) mass is 437 g/mol. The fourth-order valence-corrected chi connectivity index (χ4v) is 3.63. The lowest BCUT2D eigenvalue weighted by Gasteiger charge is -2.34. The molecule has 164 valence electrons. The second-order valence-corrected chi connectivity index (χ2v) is 9.10. The fraction of sp³-hybridized carbons (Fsp3) is 0.571. The van der Waals surface area contributed by atoms with Crippen LogP contribution in [0, 0.1) is 5.82 Å². The molecule has 0 N–H and O–H groups in total. The molecule has 0 spiro atoms. The highest BCUT2D eigenvalue weighted by Crippen LogP contribution is 2.27. The van der Waals surface area contributed by atoms with E-state index in [-0.39, 0.29) is 18.0 Å². The Hall–Kier alpha value is -2.13. The average Bonchev–Trinajstić information content (AvgIpc) is 3.17. The van der Waals surface area contributed by atoms with Crippen molar-refractivity contribution < 1.29 is 23.2 Å². The van der Waals surface area contributed by atoms with E-state index >= 15 is 0 Å². The number of amides is 1. The van der Waals surface area contributed by atoms with Crippen molar-refractivity contribution in [2.45, 2.75) is 63.2 Å². The molecule has 2 aromatic rings. The van der Waals surface area contributed by atoms with Crippen molar-refractivity contribution in [1.29, 1.82) is 0 Å². The van der Waals surface area contributed by atoms with Crippen molar-refractivity contribution in [1.82, 2.24) is 15.0 Å². The van der Waals surface area contributed by atoms with Gasteiger partial charge in [-0.05, 0) is 65.0 Å². The van der Waals surface area contributed by atoms with Crippen molar-refractivity contribution in [3.8, 4) is 11.4 Å². The molecule has 0 bridgehead atoms. The van der Waals surface area contributed by atoms with E-state index in [1.807, 2.05) is 34.0 Å². The summed E-state index contributed by atoms with van der Waals surface area (Å²) in [4.78, 5) is 18.8. The maximum atomic E-state index is 14.0. The Labute approximate surface area is 180 Å². The maximum absolute atomic E-state index is 14.0. The maximum Gasteiger partial charge on any atom is 0.410 e. The molecular formula is C21H28FN3O4S. The van der Waals surface area contributed by atoms with Crippen LogP contribution in [0.15, 0.2) is 27.6 Å². The number of carbonyl (C=O) groups is 1. The van der Waals surface area contributed by atoms with Crippen molar-refractivity contribution >= 4 is 17.9 Å². The smallest absolute Gasteiger partial charge is 0.410 e. The lowest BCUT2D eigenvalue weighted by atomic mass is 10.1. The van der Waals surface area contributed by atoms with Crippen molar-refractivity contribution in [2.24, 2.45) is 0 Å². The molecule has 1 aromatic carbocycles. The Morgan fingerprint density at radius 1 is 1.33 bits per heavy atom. The number of hydrogen-bond acceptors (Lipinski definition) is 7. The molecule has 2 heterocycles. The molecule has 0 radical (unpaired) electrons. The summed E-state index contributed by atoms with van der Waals surface area (Å²) in [7, 11) is 0. The van der Waals surface area contributed by atoms with E-state index in [1.54, 1.807) is 17.0 Å². The van der Waals surface area contributed by atoms with Gasteiger partial charge in [0.25, 0.3) is 5.89 Å². The molecule has 1 aromatic heterocycles. The summed E-state index contributed by atoms with van der Waals surface area (Å²) in [5.41, 5.74) is 0.0471. The predicted octanol–water partition coefficient (Wildman–Crippen LogP) is 5.07. The molecule has 1 aliphatic rings. The van der Waals surface area contributed by atoms with Gasteiger partial charge in [0.05, 0.1) is 6.10 Å². The molecule has 7 nitrogen and oxygen atoms in total. The number of thioether (sulfide) groups is 1. The summed E-state index contributed by atoms with van der Waals surface area (Å²) < 4.78 is 30.8. The van der Waals surface area contributed by atoms with Crippen LogP contribution in [0.2, 0.25) is 0 Å². The Bertz CT molecular complexity index is 875. The van der Waals surface area contributed by atoms with Gasteiger partial charge in [-0.1, -0.05) is 5.16 Å². The van der Waals surface area contributed by atoms with E-state index in [4.69, 9.17) is 14.0 Å². The zero-order chi connectivity index (χ0) is 21.9. The Balaban J connectivity index is 1.54. The third-order valence-corrected chi connectivity index (χ3v) is 5.46. The first-order valence-electron chi connectivity index (χ1n) is 9.97. The fourth-order valence-electron chi connectivity index (χ4n) is 3.17. The van der Waals surface area contributed by atoms with E-state index < -0.39 is 11.7 Å². The molecule has 1 fully saturated rings. The van der Waals surface area contributed by atoms with E-state index in [9.17, 15) is 9.18 Å². The van der Waals surface area contributed by atoms with Crippen LogP contribution in [0.4, 0.5) is 9.18 Å². The molecule has 30 heavy (non-hydrogen) atoms. The van der Waals surface area contributed by atoms with Crippen molar-refractivity contribution in [3.05, 3.63) is 29.9 Å². The third-order valence-electron chi connectivity index (χ3n) is 4.69. The SMILES string of the molecule is CSc1ccc(-c2noc(C(C)OC3CCN(C(=O)OC(C)(C)C)CC3)n2)cc1F. The highest BCUT2D eigenvalue weighted by molar-refractivity contribution is 7.98. The first kappa shape index (κ1) is 22.6. The number of nitrogens with zero attached hydrogens (tertiary/aromatic N) is 3. The summed E-state index contributed by atoms with van der Waals surface area (Å²) in [5.74, 6) is 0.355. The Kier molecular flexibility index (Phi) is 7.02. The average molecular weight is 438 g/mol. The van der Waals surface area contributed by atoms with Gasteiger partial charge in [-0.15, -0.1) is 11.8 Å². The molecule has 1 aliphatic heterocycles. The third kappa shape index (κ3) is 5.72. The van der Waals surface area contributed by atoms with Crippen LogP contribution >= 0.6 is 11.8 Å². The van der Waals surface area contributed by atoms with Gasteiger partial charge < -0.3 is 18.9 Å². The van der Waals surface area contributed by atoms with E-state index in [0.29, 0.717) is 48.1 Å². The number of aromatic nitrogens is 2. The van der Waals surface area contributed by atoms with Gasteiger partial charge in [0.15, 0.2) is 0 Å². The van der Waals surface area contributed by atoms with Gasteiger partial charge in [-0.3, -0.25) is 0 Å². The molecule has 1 amide bonds. The molecule has 0 aliphatic carbocycles. The van der Waals surface area contributed by atoms with Crippen LogP contribution in [-0.4, -0.2) is 52.2 Å². The first-order chi connectivity index (χ1) is 14.2. The first-order valence-corrected chi connectivity index (χ1v) is 11.2. The van der Waals surface area contributed by atoms with Crippen molar-refractivity contribution in [2.75, 3.05) is 19.3 Å². The van der Waals surface area contributed by atoms with Crippen LogP contribution in [0.1, 0.15) is 52.5 Å². The Morgan fingerprint density at radius 3 is 2.63 bits per heavy atom. The lowest BCUT2D eigenvalue weighted by Crippen LogP contribution is -2.43. The summed E-state index contributed by atoms with van der Waals surface area (Å²) in [6.07, 6.45) is 2.50. The number of carbonyl (C=O) groups excluding carboxylic acids is 1. The highest BCUT2D eigenvalue weighted by atomic mass is 32.2. The lowest BCUT2D eigenvalue weighted by molar-refractivity contribution is -0.0509. The zero-order valence-corrected chi connectivity index (χ0v) is 18.8. The van der Waals surface area contributed by atoms with Crippen molar-refractivity contribution in [3.63, 3.8) is 0 Å². The molecule has 0 saturated carbocycles. The number of rotatable bonds is 5. The van der Waals surface area contributed by atoms with Gasteiger partial charge in [-0.2, -0.15) is 4.98 Å². The minimum atomic E-state index is -0.507. The molecule has 1 saturated heterocycles. The van der Waals surface area contributed by atoms with Gasteiger partial charge >= 0.3 is 6.09 Å². The number of halogens is 1. The number of ether oxygens (including phenoxy) is 2. The van der Waals surface area contributed by atoms with Gasteiger partial charge in [0.1, 0.15) is 17.5 Å². The zero-order valence-electron chi connectivity index (χ0n) is 18.0. The molecule has 9 heteroatoms. The van der Waals surface area contributed by atoms with Crippen LogP contribution in [-0.2, 0) is 9.47 Å². The van der Waals surface area contributed by atoms with Gasteiger partial charge in [0.2, 0.25) is 5.82 Å². The normalized spacial score (nSPS) is 16.5. The van der Waals surface area contributed by atoms with E-state index in [2.05, 4.69) is 10.1 Å². The van der Waals surface area contributed by atoms with Crippen LogP contribution < -0.4 is 0 Å². The quantitative estimate of drug-likeness (QED) is 0.604. The van der Waals surface area contributed by atoms with Crippen LogP contribution in [0.25, 0.3) is 11.4 Å². The molecule has 3 rings (SSSR count). The summed E-state index contributed by atoms with van der Waals surface area (Å²) >= 11 is 1.34. The molecular weight excluding hydrogens is 409 g/mol. The second kappa shape index (κ2) is 9.34. The summed E-state index contributed by atoms with van der Waals surface area (Å²) in [6.45, 7) is 8.55. The van der Waals surface area contributed by atoms with E-state index in [1.165, 1.54) is 17.8 Å². The molecule has 1 unspecified atom stereocenters. The highest BCUT2D eigenvalue weighted by Gasteiger charge is 2.29. The topological polar surface area (TPSA) is 77.7 Å². The van der Waals surface area contributed by atoms with Crippen LogP contribution in [0.5, 0.6) is 0 Å². The number of benzene rings is 1. The number of hydrogen-bond donors (Lipinski definition) is 0.